The van der Waals surface area contributed by atoms with Gasteiger partial charge in [0.1, 0.15) is 5.57 Å². The van der Waals surface area contributed by atoms with Crippen molar-refractivity contribution in [2.45, 2.75) is 27.7 Å². The van der Waals surface area contributed by atoms with Crippen molar-refractivity contribution >= 4 is 46.9 Å². The van der Waals surface area contributed by atoms with Crippen molar-refractivity contribution in [3.05, 3.63) is 87.7 Å². The quantitative estimate of drug-likeness (QED) is 0.336. The third-order valence-corrected chi connectivity index (χ3v) is 6.12. The van der Waals surface area contributed by atoms with Crippen LogP contribution in [0.5, 0.6) is 0 Å². The van der Waals surface area contributed by atoms with Gasteiger partial charge in [-0.3, -0.25) is 19.8 Å². The number of benzene rings is 2. The van der Waals surface area contributed by atoms with Gasteiger partial charge < -0.3 is 9.67 Å². The molecule has 0 saturated carbocycles. The molecule has 2 N–H and O–H groups in total. The molecule has 0 atom stereocenters. The zero-order chi connectivity index (χ0) is 24.7. The van der Waals surface area contributed by atoms with Gasteiger partial charge in [0.15, 0.2) is 5.11 Å². The Morgan fingerprint density at radius 3 is 2.38 bits per heavy atom. The van der Waals surface area contributed by atoms with E-state index in [0.29, 0.717) is 22.6 Å². The first kappa shape index (κ1) is 23.1. The first-order valence-electron chi connectivity index (χ1n) is 10.6. The summed E-state index contributed by atoms with van der Waals surface area (Å²) in [6.07, 6.45) is 1.53. The number of anilines is 1. The number of amides is 2. The molecule has 1 aliphatic rings. The SMILES string of the molecule is Cc1ccc(N2C(=O)/C(=C/c3cc(C)n(-c4ccccc4C(=O)O)c3C)C(=O)NC2=S)c(C)c1. The molecule has 2 aromatic carbocycles. The van der Waals surface area contributed by atoms with E-state index in [1.807, 2.05) is 45.9 Å². The summed E-state index contributed by atoms with van der Waals surface area (Å²) in [5.74, 6) is -2.13. The van der Waals surface area contributed by atoms with Gasteiger partial charge in [-0.15, -0.1) is 0 Å². The van der Waals surface area contributed by atoms with Gasteiger partial charge in [-0.25, -0.2) is 4.79 Å². The fourth-order valence-corrected chi connectivity index (χ4v) is 4.52. The molecule has 1 aliphatic heterocycles. The number of rotatable bonds is 4. The van der Waals surface area contributed by atoms with Crippen molar-refractivity contribution in [2.75, 3.05) is 4.90 Å². The van der Waals surface area contributed by atoms with Crippen molar-refractivity contribution in [3.63, 3.8) is 0 Å². The van der Waals surface area contributed by atoms with Gasteiger partial charge in [0.2, 0.25) is 0 Å². The van der Waals surface area contributed by atoms with E-state index in [2.05, 4.69) is 5.32 Å². The number of thiocarbonyl (C=S) groups is 1. The van der Waals surface area contributed by atoms with E-state index in [-0.39, 0.29) is 16.2 Å². The van der Waals surface area contributed by atoms with Crippen LogP contribution < -0.4 is 10.2 Å². The zero-order valence-electron chi connectivity index (χ0n) is 19.2. The molecule has 2 amide bonds. The van der Waals surface area contributed by atoms with E-state index in [9.17, 15) is 19.5 Å². The number of nitrogens with one attached hydrogen (secondary N) is 1. The van der Waals surface area contributed by atoms with Gasteiger partial charge in [-0.2, -0.15) is 0 Å². The van der Waals surface area contributed by atoms with Crippen LogP contribution >= 0.6 is 12.2 Å². The molecule has 2 heterocycles. The fraction of sp³-hybridized carbons (Fsp3) is 0.154. The summed E-state index contributed by atoms with van der Waals surface area (Å²) in [7, 11) is 0. The Kier molecular flexibility index (Phi) is 5.93. The third kappa shape index (κ3) is 3.92. The predicted octanol–water partition coefficient (Wildman–Crippen LogP) is 4.24. The molecule has 0 spiro atoms. The Morgan fingerprint density at radius 1 is 1.00 bits per heavy atom. The van der Waals surface area contributed by atoms with Crippen LogP contribution in [-0.2, 0) is 9.59 Å². The fourth-order valence-electron chi connectivity index (χ4n) is 4.24. The lowest BCUT2D eigenvalue weighted by molar-refractivity contribution is -0.122. The van der Waals surface area contributed by atoms with Crippen LogP contribution in [0, 0.1) is 27.7 Å². The number of hydrogen-bond acceptors (Lipinski definition) is 4. The highest BCUT2D eigenvalue weighted by Crippen LogP contribution is 2.29. The summed E-state index contributed by atoms with van der Waals surface area (Å²) >= 11 is 5.31. The molecule has 1 fully saturated rings. The molecule has 1 aromatic heterocycles. The van der Waals surface area contributed by atoms with Crippen molar-refractivity contribution in [1.82, 2.24) is 9.88 Å². The van der Waals surface area contributed by atoms with Gasteiger partial charge in [0.05, 0.1) is 16.9 Å². The number of carboxylic acid groups (broad SMARTS) is 1. The lowest BCUT2D eigenvalue weighted by Gasteiger charge is -2.30. The Hall–Kier alpha value is -4.04. The number of aromatic carboxylic acids is 1. The second-order valence-corrected chi connectivity index (χ2v) is 8.62. The first-order chi connectivity index (χ1) is 16.1. The summed E-state index contributed by atoms with van der Waals surface area (Å²) < 4.78 is 1.80. The van der Waals surface area contributed by atoms with Gasteiger partial charge in [0, 0.05) is 11.4 Å². The van der Waals surface area contributed by atoms with Crippen molar-refractivity contribution in [1.29, 1.82) is 0 Å². The maximum atomic E-state index is 13.4. The molecule has 0 radical (unpaired) electrons. The van der Waals surface area contributed by atoms with E-state index in [1.165, 1.54) is 17.0 Å². The molecule has 4 rings (SSSR count). The second-order valence-electron chi connectivity index (χ2n) is 8.23. The summed E-state index contributed by atoms with van der Waals surface area (Å²) in [5.41, 5.74) is 5.21. The van der Waals surface area contributed by atoms with Gasteiger partial charge >= 0.3 is 5.97 Å². The lowest BCUT2D eigenvalue weighted by atomic mass is 10.0. The normalized spacial score (nSPS) is 15.1. The van der Waals surface area contributed by atoms with Crippen LogP contribution in [0.2, 0.25) is 0 Å². The predicted molar refractivity (Wildman–Crippen MR) is 134 cm³/mol. The van der Waals surface area contributed by atoms with E-state index in [1.54, 1.807) is 28.8 Å². The largest absolute Gasteiger partial charge is 0.478 e. The molecule has 1 saturated heterocycles. The average Bonchev–Trinajstić information content (AvgIpc) is 3.05. The van der Waals surface area contributed by atoms with E-state index in [4.69, 9.17) is 12.2 Å². The highest BCUT2D eigenvalue weighted by atomic mass is 32.1. The minimum absolute atomic E-state index is 0.0277. The van der Waals surface area contributed by atoms with Crippen molar-refractivity contribution < 1.29 is 19.5 Å². The van der Waals surface area contributed by atoms with Crippen molar-refractivity contribution in [3.8, 4) is 5.69 Å². The minimum Gasteiger partial charge on any atom is -0.478 e. The number of carbonyl (C=O) groups excluding carboxylic acids is 2. The highest BCUT2D eigenvalue weighted by Gasteiger charge is 2.35. The topological polar surface area (TPSA) is 91.6 Å². The average molecular weight is 474 g/mol. The third-order valence-electron chi connectivity index (χ3n) is 5.84. The van der Waals surface area contributed by atoms with E-state index >= 15 is 0 Å². The van der Waals surface area contributed by atoms with Crippen LogP contribution in [0.25, 0.3) is 11.8 Å². The number of carboxylic acids is 1. The monoisotopic (exact) mass is 473 g/mol. The molecule has 7 nitrogen and oxygen atoms in total. The molecule has 3 aromatic rings. The Morgan fingerprint density at radius 2 is 1.71 bits per heavy atom. The Balaban J connectivity index is 1.81. The molecular formula is C26H23N3O4S. The van der Waals surface area contributed by atoms with Crippen LogP contribution in [0.3, 0.4) is 0 Å². The van der Waals surface area contributed by atoms with Gasteiger partial charge in [0.25, 0.3) is 11.8 Å². The second kappa shape index (κ2) is 8.72. The number of nitrogens with zero attached hydrogens (tertiary/aromatic N) is 2. The molecular weight excluding hydrogens is 450 g/mol. The minimum atomic E-state index is -1.04. The zero-order valence-corrected chi connectivity index (χ0v) is 20.0. The van der Waals surface area contributed by atoms with E-state index in [0.717, 1.165) is 16.8 Å². The molecule has 34 heavy (non-hydrogen) atoms. The molecule has 8 heteroatoms. The number of aryl methyl sites for hydroxylation is 3. The smallest absolute Gasteiger partial charge is 0.337 e. The number of aromatic nitrogens is 1. The number of hydrogen-bond donors (Lipinski definition) is 2. The van der Waals surface area contributed by atoms with E-state index < -0.39 is 17.8 Å². The van der Waals surface area contributed by atoms with Crippen molar-refractivity contribution in [2.24, 2.45) is 0 Å². The maximum absolute atomic E-state index is 13.4. The number of para-hydroxylation sites is 1. The standard InChI is InChI=1S/C26H23N3O4S/c1-14-9-10-21(15(2)11-14)29-24(31)20(23(30)27-26(29)34)13-18-12-16(3)28(17(18)4)22-8-6-5-7-19(22)25(32)33/h5-13H,1-4H3,(H,32,33)(H,27,30,34)/b20-13+. The molecule has 0 aliphatic carbocycles. The molecule has 0 unspecified atom stereocenters. The van der Waals surface area contributed by atoms with Gasteiger partial charge in [-0.1, -0.05) is 29.8 Å². The van der Waals surface area contributed by atoms with Gasteiger partial charge in [-0.05, 0) is 81.4 Å². The highest BCUT2D eigenvalue weighted by molar-refractivity contribution is 7.80. The summed E-state index contributed by atoms with van der Waals surface area (Å²) in [5, 5.41) is 12.2. The maximum Gasteiger partial charge on any atom is 0.337 e. The Bertz CT molecular complexity index is 1420. The summed E-state index contributed by atoms with van der Waals surface area (Å²) in [6.45, 7) is 7.49. The van der Waals surface area contributed by atoms with Crippen LogP contribution in [0.1, 0.15) is 38.4 Å². The summed E-state index contributed by atoms with van der Waals surface area (Å²) in [6, 6.07) is 14.1. The van der Waals surface area contributed by atoms with Crippen LogP contribution in [0.4, 0.5) is 5.69 Å². The number of carbonyl (C=O) groups is 3. The Labute approximate surface area is 202 Å². The molecule has 172 valence electrons. The lowest BCUT2D eigenvalue weighted by Crippen LogP contribution is -2.54. The summed E-state index contributed by atoms with van der Waals surface area (Å²) in [4.78, 5) is 39.2. The van der Waals surface area contributed by atoms with Crippen LogP contribution in [0.15, 0.2) is 54.1 Å². The van der Waals surface area contributed by atoms with Crippen LogP contribution in [-0.4, -0.2) is 32.6 Å². The molecule has 0 bridgehead atoms. The first-order valence-corrected chi connectivity index (χ1v) is 11.0.